The molecule has 182 valence electrons. The van der Waals surface area contributed by atoms with Crippen molar-refractivity contribution in [2.75, 3.05) is 26.5 Å². The van der Waals surface area contributed by atoms with Crippen LogP contribution in [0, 0.1) is 0 Å². The average Bonchev–Trinajstić information content (AvgIpc) is 3.34. The lowest BCUT2D eigenvalue weighted by molar-refractivity contribution is 0.0954. The number of hydrogen-bond donors (Lipinski definition) is 2. The molecule has 3 aromatic carbocycles. The molecule has 0 saturated heterocycles. The van der Waals surface area contributed by atoms with Gasteiger partial charge in [0.2, 0.25) is 6.79 Å². The second kappa shape index (κ2) is 11.3. The lowest BCUT2D eigenvalue weighted by Crippen LogP contribution is -2.25. The number of ether oxygens (including phenoxy) is 3. The predicted molar refractivity (Wildman–Crippen MR) is 135 cm³/mol. The molecule has 0 spiro atoms. The van der Waals surface area contributed by atoms with Crippen LogP contribution in [0.4, 0.5) is 0 Å². The monoisotopic (exact) mass is 472 g/mol. The summed E-state index contributed by atoms with van der Waals surface area (Å²) >= 11 is 0. The number of rotatable bonds is 4. The molecule has 2 bridgehead atoms. The van der Waals surface area contributed by atoms with Crippen LogP contribution in [0.25, 0.3) is 0 Å². The Balaban J connectivity index is 1.27. The van der Waals surface area contributed by atoms with Crippen molar-refractivity contribution in [3.63, 3.8) is 0 Å². The van der Waals surface area contributed by atoms with Gasteiger partial charge in [-0.05, 0) is 84.8 Å². The molecule has 5 rings (SSSR count). The third-order valence-corrected chi connectivity index (χ3v) is 6.43. The van der Waals surface area contributed by atoms with E-state index in [9.17, 15) is 4.79 Å². The fraction of sp³-hybridized carbons (Fsp3) is 0.345. The first-order valence-corrected chi connectivity index (χ1v) is 12.5. The zero-order valence-electron chi connectivity index (χ0n) is 20.0. The minimum absolute atomic E-state index is 0.0779. The molecule has 0 aromatic heterocycles. The fourth-order valence-electron chi connectivity index (χ4n) is 4.53. The molecule has 3 aromatic rings. The molecular weight excluding hydrogens is 440 g/mol. The zero-order chi connectivity index (χ0) is 23.9. The van der Waals surface area contributed by atoms with Crippen LogP contribution in [0.5, 0.6) is 17.2 Å². The largest absolute Gasteiger partial charge is 0.493 e. The van der Waals surface area contributed by atoms with Gasteiger partial charge in [-0.2, -0.15) is 0 Å². The van der Waals surface area contributed by atoms with Crippen LogP contribution in [0.1, 0.15) is 51.9 Å². The van der Waals surface area contributed by atoms with Crippen molar-refractivity contribution < 1.29 is 19.0 Å². The highest BCUT2D eigenvalue weighted by molar-refractivity contribution is 5.94. The molecular formula is C29H32N2O4. The number of carbonyl (C=O) groups excluding carboxylic acids is 1. The van der Waals surface area contributed by atoms with Crippen LogP contribution in [0.2, 0.25) is 0 Å². The van der Waals surface area contributed by atoms with Gasteiger partial charge in [-0.15, -0.1) is 0 Å². The van der Waals surface area contributed by atoms with Gasteiger partial charge in [-0.1, -0.05) is 30.3 Å². The first-order chi connectivity index (χ1) is 17.2. The van der Waals surface area contributed by atoms with E-state index >= 15 is 0 Å². The molecule has 6 heteroatoms. The van der Waals surface area contributed by atoms with E-state index < -0.39 is 0 Å². The van der Waals surface area contributed by atoms with Gasteiger partial charge in [0, 0.05) is 25.1 Å². The first-order valence-electron chi connectivity index (χ1n) is 12.5. The molecule has 6 nitrogen and oxygen atoms in total. The SMILES string of the molecule is O=C(NCCc1ccc2c(c1)OCO2)c1ccc2c(c1)Cc1cccc(c1)CNCCCCCO2. The lowest BCUT2D eigenvalue weighted by Gasteiger charge is -2.15. The molecule has 0 radical (unpaired) electrons. The number of nitrogens with one attached hydrogen (secondary N) is 2. The Labute approximate surface area is 206 Å². The fourth-order valence-corrected chi connectivity index (χ4v) is 4.53. The Morgan fingerprint density at radius 1 is 0.857 bits per heavy atom. The Bertz CT molecular complexity index is 1180. The van der Waals surface area contributed by atoms with Gasteiger partial charge < -0.3 is 24.8 Å². The maximum absolute atomic E-state index is 12.9. The highest BCUT2D eigenvalue weighted by atomic mass is 16.7. The number of fused-ring (bicyclic) bond motifs is 4. The van der Waals surface area contributed by atoms with Crippen LogP contribution in [0.3, 0.4) is 0 Å². The molecule has 0 atom stereocenters. The first kappa shape index (κ1) is 23.2. The van der Waals surface area contributed by atoms with Crippen molar-refractivity contribution in [2.45, 2.75) is 38.6 Å². The van der Waals surface area contributed by atoms with E-state index in [1.807, 2.05) is 36.4 Å². The molecule has 2 N–H and O–H groups in total. The summed E-state index contributed by atoms with van der Waals surface area (Å²) in [7, 11) is 0. The summed E-state index contributed by atoms with van der Waals surface area (Å²) in [6.45, 7) is 3.39. The topological polar surface area (TPSA) is 68.8 Å². The minimum atomic E-state index is -0.0779. The van der Waals surface area contributed by atoms with Gasteiger partial charge in [-0.3, -0.25) is 4.79 Å². The summed E-state index contributed by atoms with van der Waals surface area (Å²) in [6, 6.07) is 20.3. The minimum Gasteiger partial charge on any atom is -0.493 e. The van der Waals surface area contributed by atoms with Crippen molar-refractivity contribution >= 4 is 5.91 Å². The smallest absolute Gasteiger partial charge is 0.251 e. The molecule has 0 fully saturated rings. The lowest BCUT2D eigenvalue weighted by atomic mass is 9.99. The van der Waals surface area contributed by atoms with E-state index in [1.165, 1.54) is 11.1 Å². The molecule has 0 saturated carbocycles. The molecule has 2 aliphatic heterocycles. The summed E-state index contributed by atoms with van der Waals surface area (Å²) in [6.07, 6.45) is 4.74. The Hall–Kier alpha value is -3.51. The summed E-state index contributed by atoms with van der Waals surface area (Å²) in [4.78, 5) is 12.9. The van der Waals surface area contributed by atoms with Gasteiger partial charge in [0.25, 0.3) is 5.91 Å². The molecule has 35 heavy (non-hydrogen) atoms. The highest BCUT2D eigenvalue weighted by Crippen LogP contribution is 2.32. The summed E-state index contributed by atoms with van der Waals surface area (Å²) in [5.41, 5.74) is 5.28. The summed E-state index contributed by atoms with van der Waals surface area (Å²) < 4.78 is 16.9. The van der Waals surface area contributed by atoms with E-state index in [0.717, 1.165) is 73.6 Å². The number of hydrogen-bond acceptors (Lipinski definition) is 5. The number of benzene rings is 3. The molecule has 0 unspecified atom stereocenters. The quantitative estimate of drug-likeness (QED) is 0.580. The highest BCUT2D eigenvalue weighted by Gasteiger charge is 2.14. The van der Waals surface area contributed by atoms with Crippen molar-refractivity contribution in [3.05, 3.63) is 88.5 Å². The average molecular weight is 473 g/mol. The maximum atomic E-state index is 12.9. The second-order valence-corrected chi connectivity index (χ2v) is 9.10. The summed E-state index contributed by atoms with van der Waals surface area (Å²) in [5, 5.41) is 6.58. The van der Waals surface area contributed by atoms with E-state index in [2.05, 4.69) is 34.9 Å². The van der Waals surface area contributed by atoms with E-state index in [1.54, 1.807) is 0 Å². The molecule has 0 aliphatic carbocycles. The molecule has 1 amide bonds. The number of carbonyl (C=O) groups is 1. The number of amides is 1. The molecule has 2 aliphatic rings. The van der Waals surface area contributed by atoms with Crippen molar-refractivity contribution in [1.29, 1.82) is 0 Å². The van der Waals surface area contributed by atoms with Crippen molar-refractivity contribution in [2.24, 2.45) is 0 Å². The van der Waals surface area contributed by atoms with Gasteiger partial charge >= 0.3 is 0 Å². The van der Waals surface area contributed by atoms with Crippen LogP contribution >= 0.6 is 0 Å². The van der Waals surface area contributed by atoms with Crippen LogP contribution in [0.15, 0.2) is 60.7 Å². The third-order valence-electron chi connectivity index (χ3n) is 6.43. The third kappa shape index (κ3) is 6.14. The maximum Gasteiger partial charge on any atom is 0.251 e. The van der Waals surface area contributed by atoms with Crippen molar-refractivity contribution in [1.82, 2.24) is 10.6 Å². The van der Waals surface area contributed by atoms with E-state index in [-0.39, 0.29) is 12.7 Å². The molecule has 2 heterocycles. The summed E-state index contributed by atoms with van der Waals surface area (Å²) in [5.74, 6) is 2.32. The Morgan fingerprint density at radius 2 is 1.74 bits per heavy atom. The van der Waals surface area contributed by atoms with Crippen LogP contribution in [-0.4, -0.2) is 32.4 Å². The zero-order valence-corrected chi connectivity index (χ0v) is 20.0. The van der Waals surface area contributed by atoms with Crippen LogP contribution in [-0.2, 0) is 19.4 Å². The van der Waals surface area contributed by atoms with E-state index in [4.69, 9.17) is 14.2 Å². The van der Waals surface area contributed by atoms with Gasteiger partial charge in [0.05, 0.1) is 6.61 Å². The standard InChI is InChI=1S/C29H32N2O4/c32-29(31-13-11-21-7-9-27-28(17-21)35-20-34-27)24-8-10-26-25(18-24)16-22-5-4-6-23(15-22)19-30-12-2-1-3-14-33-26/h4-10,15,17-18,30H,1-3,11-14,16,19-20H2,(H,31,32). The van der Waals surface area contributed by atoms with E-state index in [0.29, 0.717) is 18.7 Å². The van der Waals surface area contributed by atoms with Gasteiger partial charge in [0.1, 0.15) is 5.75 Å². The second-order valence-electron chi connectivity index (χ2n) is 9.10. The van der Waals surface area contributed by atoms with Crippen molar-refractivity contribution in [3.8, 4) is 17.2 Å². The van der Waals surface area contributed by atoms with Gasteiger partial charge in [0.15, 0.2) is 11.5 Å². The predicted octanol–water partition coefficient (Wildman–Crippen LogP) is 4.63. The Morgan fingerprint density at radius 3 is 2.71 bits per heavy atom. The van der Waals surface area contributed by atoms with Crippen LogP contribution < -0.4 is 24.8 Å². The van der Waals surface area contributed by atoms with Gasteiger partial charge in [-0.25, -0.2) is 0 Å². The normalized spacial score (nSPS) is 15.4. The Kier molecular flexibility index (Phi) is 7.49.